The van der Waals surface area contributed by atoms with Crippen LogP contribution in [0.15, 0.2) is 12.4 Å². The zero-order valence-electron chi connectivity index (χ0n) is 10.2. The summed E-state index contributed by atoms with van der Waals surface area (Å²) in [5.41, 5.74) is 7.02. The molecular formula is C12H20N4O. The van der Waals surface area contributed by atoms with Crippen molar-refractivity contribution < 1.29 is 4.79 Å². The van der Waals surface area contributed by atoms with Crippen molar-refractivity contribution in [2.75, 3.05) is 6.54 Å². The van der Waals surface area contributed by atoms with Gasteiger partial charge < -0.3 is 11.1 Å². The van der Waals surface area contributed by atoms with E-state index in [-0.39, 0.29) is 11.9 Å². The molecule has 0 aromatic carbocycles. The van der Waals surface area contributed by atoms with Gasteiger partial charge in [-0.3, -0.25) is 9.48 Å². The van der Waals surface area contributed by atoms with Gasteiger partial charge in [-0.25, -0.2) is 0 Å². The quantitative estimate of drug-likeness (QED) is 0.752. The third-order valence-corrected chi connectivity index (χ3v) is 3.09. The van der Waals surface area contributed by atoms with Gasteiger partial charge in [0.25, 0.3) is 0 Å². The number of nitrogens with two attached hydrogens (primary N) is 1. The molecule has 1 aliphatic rings. The highest BCUT2D eigenvalue weighted by molar-refractivity contribution is 5.75. The Bertz CT molecular complexity index is 384. The number of carbonyl (C=O) groups excluding carboxylic acids is 1. The maximum Gasteiger partial charge on any atom is 0.221 e. The van der Waals surface area contributed by atoms with Crippen LogP contribution < -0.4 is 11.1 Å². The third kappa shape index (κ3) is 3.85. The average Bonchev–Trinajstić information content (AvgIpc) is 3.07. The maximum absolute atomic E-state index is 11.6. The molecule has 0 aliphatic heterocycles. The second-order valence-electron chi connectivity index (χ2n) is 4.84. The van der Waals surface area contributed by atoms with Crippen molar-refractivity contribution in [1.29, 1.82) is 0 Å². The molecule has 1 heterocycles. The number of hydrogen-bond donors (Lipinski definition) is 2. The van der Waals surface area contributed by atoms with Crippen molar-refractivity contribution in [3.8, 4) is 0 Å². The van der Waals surface area contributed by atoms with Crippen molar-refractivity contribution in [3.63, 3.8) is 0 Å². The molecule has 1 fully saturated rings. The molecule has 1 aromatic heterocycles. The smallest absolute Gasteiger partial charge is 0.221 e. The van der Waals surface area contributed by atoms with E-state index in [0.717, 1.165) is 5.56 Å². The molecule has 5 nitrogen and oxygen atoms in total. The van der Waals surface area contributed by atoms with Crippen molar-refractivity contribution in [1.82, 2.24) is 15.1 Å². The molecule has 0 saturated heterocycles. The summed E-state index contributed by atoms with van der Waals surface area (Å²) in [4.78, 5) is 11.6. The predicted octanol–water partition coefficient (Wildman–Crippen LogP) is 0.435. The van der Waals surface area contributed by atoms with Crippen LogP contribution in [-0.2, 0) is 11.3 Å². The molecule has 1 amide bonds. The van der Waals surface area contributed by atoms with Gasteiger partial charge in [0.05, 0.1) is 6.20 Å². The van der Waals surface area contributed by atoms with Crippen molar-refractivity contribution in [3.05, 3.63) is 18.0 Å². The fourth-order valence-electron chi connectivity index (χ4n) is 1.82. The van der Waals surface area contributed by atoms with E-state index in [1.54, 1.807) is 10.9 Å². The number of nitrogens with one attached hydrogen (secondary N) is 1. The second kappa shape index (κ2) is 5.31. The van der Waals surface area contributed by atoms with Gasteiger partial charge in [0, 0.05) is 31.7 Å². The van der Waals surface area contributed by atoms with Crippen LogP contribution in [-0.4, -0.2) is 28.3 Å². The summed E-state index contributed by atoms with van der Waals surface area (Å²) in [6.45, 7) is 3.21. The summed E-state index contributed by atoms with van der Waals surface area (Å²) in [6, 6.07) is 0.130. The first-order valence-corrected chi connectivity index (χ1v) is 6.16. The Balaban J connectivity index is 1.63. The third-order valence-electron chi connectivity index (χ3n) is 3.09. The Hall–Kier alpha value is -1.36. The molecule has 94 valence electrons. The maximum atomic E-state index is 11.6. The van der Waals surface area contributed by atoms with E-state index >= 15 is 0 Å². The molecule has 1 aliphatic carbocycles. The first-order chi connectivity index (χ1) is 8.15. The predicted molar refractivity (Wildman–Crippen MR) is 65.3 cm³/mol. The van der Waals surface area contributed by atoms with Gasteiger partial charge in [-0.05, 0) is 31.2 Å². The van der Waals surface area contributed by atoms with Crippen LogP contribution in [0, 0.1) is 12.8 Å². The van der Waals surface area contributed by atoms with Gasteiger partial charge in [-0.15, -0.1) is 0 Å². The Kier molecular flexibility index (Phi) is 3.78. The summed E-state index contributed by atoms with van der Waals surface area (Å²) in [6.07, 6.45) is 6.61. The number of hydrogen-bond acceptors (Lipinski definition) is 3. The van der Waals surface area contributed by atoms with Gasteiger partial charge in [0.15, 0.2) is 0 Å². The van der Waals surface area contributed by atoms with Gasteiger partial charge in [-0.2, -0.15) is 5.10 Å². The van der Waals surface area contributed by atoms with Crippen LogP contribution in [0.4, 0.5) is 0 Å². The molecule has 1 unspecified atom stereocenters. The summed E-state index contributed by atoms with van der Waals surface area (Å²) >= 11 is 0. The summed E-state index contributed by atoms with van der Waals surface area (Å²) in [7, 11) is 0. The number of amides is 1. The molecule has 1 saturated carbocycles. The summed E-state index contributed by atoms with van der Waals surface area (Å²) in [5.74, 6) is 0.679. The van der Waals surface area contributed by atoms with Crippen LogP contribution in [0.25, 0.3) is 0 Å². The van der Waals surface area contributed by atoms with Crippen LogP contribution in [0.2, 0.25) is 0 Å². The zero-order valence-corrected chi connectivity index (χ0v) is 10.2. The molecule has 1 aromatic rings. The standard InChI is InChI=1S/C12H20N4O/c1-9-6-15-16(8-9)5-4-12(17)14-7-11(13)10-2-3-10/h6,8,10-11H,2-5,7,13H2,1H3,(H,14,17). The second-order valence-corrected chi connectivity index (χ2v) is 4.84. The number of aryl methyl sites for hydroxylation is 2. The lowest BCUT2D eigenvalue weighted by Crippen LogP contribution is -2.38. The lowest BCUT2D eigenvalue weighted by molar-refractivity contribution is -0.121. The van der Waals surface area contributed by atoms with Crippen LogP contribution in [0.1, 0.15) is 24.8 Å². The minimum Gasteiger partial charge on any atom is -0.354 e. The Morgan fingerprint density at radius 2 is 2.47 bits per heavy atom. The Morgan fingerprint density at radius 1 is 1.71 bits per heavy atom. The summed E-state index contributed by atoms with van der Waals surface area (Å²) in [5, 5.41) is 7.01. The fourth-order valence-corrected chi connectivity index (χ4v) is 1.82. The lowest BCUT2D eigenvalue weighted by Gasteiger charge is -2.11. The number of nitrogens with zero attached hydrogens (tertiary/aromatic N) is 2. The number of rotatable bonds is 6. The highest BCUT2D eigenvalue weighted by Crippen LogP contribution is 2.31. The number of aromatic nitrogens is 2. The number of carbonyl (C=O) groups is 1. The first-order valence-electron chi connectivity index (χ1n) is 6.16. The molecule has 2 rings (SSSR count). The molecule has 0 radical (unpaired) electrons. The van der Waals surface area contributed by atoms with Gasteiger partial charge in [-0.1, -0.05) is 0 Å². The molecule has 5 heteroatoms. The van der Waals surface area contributed by atoms with E-state index < -0.39 is 0 Å². The molecule has 0 bridgehead atoms. The van der Waals surface area contributed by atoms with Crippen molar-refractivity contribution in [2.24, 2.45) is 11.7 Å². The molecule has 3 N–H and O–H groups in total. The molecular weight excluding hydrogens is 216 g/mol. The van der Waals surface area contributed by atoms with Gasteiger partial charge in [0.2, 0.25) is 5.91 Å². The zero-order chi connectivity index (χ0) is 12.3. The normalized spacial score (nSPS) is 16.8. The van der Waals surface area contributed by atoms with E-state index in [4.69, 9.17) is 5.73 Å². The summed E-state index contributed by atoms with van der Waals surface area (Å²) < 4.78 is 1.79. The lowest BCUT2D eigenvalue weighted by atomic mass is 10.2. The largest absolute Gasteiger partial charge is 0.354 e. The van der Waals surface area contributed by atoms with Gasteiger partial charge >= 0.3 is 0 Å². The fraction of sp³-hybridized carbons (Fsp3) is 0.667. The molecule has 0 spiro atoms. The van der Waals surface area contributed by atoms with E-state index in [9.17, 15) is 4.79 Å². The first kappa shape index (κ1) is 12.1. The monoisotopic (exact) mass is 236 g/mol. The van der Waals surface area contributed by atoms with E-state index in [2.05, 4.69) is 10.4 Å². The highest BCUT2D eigenvalue weighted by Gasteiger charge is 2.28. The SMILES string of the molecule is Cc1cnn(CCC(=O)NCC(N)C2CC2)c1. The van der Waals surface area contributed by atoms with Gasteiger partial charge in [0.1, 0.15) is 0 Å². The van der Waals surface area contributed by atoms with Crippen LogP contribution in [0.3, 0.4) is 0 Å². The van der Waals surface area contributed by atoms with E-state index in [0.29, 0.717) is 25.4 Å². The molecule has 1 atom stereocenters. The minimum atomic E-state index is 0.0502. The highest BCUT2D eigenvalue weighted by atomic mass is 16.1. The van der Waals surface area contributed by atoms with Crippen LogP contribution in [0.5, 0.6) is 0 Å². The van der Waals surface area contributed by atoms with Crippen molar-refractivity contribution >= 4 is 5.91 Å². The van der Waals surface area contributed by atoms with Crippen molar-refractivity contribution in [2.45, 2.75) is 38.8 Å². The topological polar surface area (TPSA) is 72.9 Å². The Labute approximate surface area is 101 Å². The average molecular weight is 236 g/mol. The van der Waals surface area contributed by atoms with E-state index in [1.807, 2.05) is 13.1 Å². The molecule has 17 heavy (non-hydrogen) atoms. The minimum absolute atomic E-state index is 0.0502. The van der Waals surface area contributed by atoms with E-state index in [1.165, 1.54) is 12.8 Å². The van der Waals surface area contributed by atoms with Crippen LogP contribution >= 0.6 is 0 Å². The Morgan fingerprint density at radius 3 is 3.06 bits per heavy atom.